The highest BCUT2D eigenvalue weighted by Crippen LogP contribution is 2.21. The lowest BCUT2D eigenvalue weighted by molar-refractivity contribution is -0.144. The van der Waals surface area contributed by atoms with Crippen molar-refractivity contribution in [2.75, 3.05) is 27.4 Å². The molecule has 1 aliphatic heterocycles. The first-order chi connectivity index (χ1) is 26.8. The van der Waals surface area contributed by atoms with E-state index in [1.165, 1.54) is 5.57 Å². The smallest absolute Gasteiger partial charge is 0.334 e. The Labute approximate surface area is 335 Å². The number of aliphatic hydroxyl groups excluding tert-OH is 1. The molecule has 0 spiro atoms. The van der Waals surface area contributed by atoms with Crippen LogP contribution in [0.25, 0.3) is 0 Å². The second-order valence-corrected chi connectivity index (χ2v) is 14.4. The van der Waals surface area contributed by atoms with Crippen LogP contribution in [-0.2, 0) is 23.8 Å². The molecule has 1 aliphatic rings. The Bertz CT molecular complexity index is 1690. The van der Waals surface area contributed by atoms with E-state index in [9.17, 15) is 19.5 Å². The minimum atomic E-state index is -1.10. The van der Waals surface area contributed by atoms with E-state index in [1.807, 2.05) is 83.2 Å². The average Bonchev–Trinajstić information content (AvgIpc) is 3.19. The second-order valence-electron chi connectivity index (χ2n) is 14.4. The van der Waals surface area contributed by atoms with Gasteiger partial charge in [-0.15, -0.1) is 0 Å². The molecule has 304 valence electrons. The number of hydrogen-bond donors (Lipinski definition) is 3. The SMILES string of the molecule is CO[C@@H]1C=C(C)C=C[C@@H](C)C=C(C)C(=O)O[C@H](C(C)=CC=C(C)CNC(=O)[C@H](CO)NC(=O)c2ccccc2)[C@@H](C)C=CC=C[C@@H](OC)CCC=C(C)C=CC1. The van der Waals surface area contributed by atoms with Crippen LogP contribution in [0.4, 0.5) is 0 Å². The first-order valence-electron chi connectivity index (χ1n) is 19.4. The number of aliphatic hydroxyl groups is 1. The van der Waals surface area contributed by atoms with E-state index in [0.717, 1.165) is 36.0 Å². The molecule has 0 bridgehead atoms. The summed E-state index contributed by atoms with van der Waals surface area (Å²) in [6, 6.07) is 7.40. The maximum Gasteiger partial charge on any atom is 0.334 e. The van der Waals surface area contributed by atoms with Gasteiger partial charge in [0.15, 0.2) is 0 Å². The lowest BCUT2D eigenvalue weighted by Gasteiger charge is -2.23. The fourth-order valence-electron chi connectivity index (χ4n) is 5.78. The molecule has 0 saturated carbocycles. The van der Waals surface area contributed by atoms with Gasteiger partial charge in [-0.05, 0) is 77.5 Å². The normalized spacial score (nSPS) is 23.2. The predicted molar refractivity (Wildman–Crippen MR) is 227 cm³/mol. The van der Waals surface area contributed by atoms with Gasteiger partial charge in [0.05, 0.1) is 18.8 Å². The molecule has 1 heterocycles. The number of benzene rings is 1. The lowest BCUT2D eigenvalue weighted by Crippen LogP contribution is -2.49. The number of rotatable bonds is 10. The van der Waals surface area contributed by atoms with Crippen molar-refractivity contribution in [3.05, 3.63) is 143 Å². The second kappa shape index (κ2) is 26.1. The zero-order chi connectivity index (χ0) is 41.5. The maximum absolute atomic E-state index is 13.5. The van der Waals surface area contributed by atoms with Crippen molar-refractivity contribution in [3.8, 4) is 0 Å². The van der Waals surface area contributed by atoms with E-state index < -0.39 is 36.5 Å². The summed E-state index contributed by atoms with van der Waals surface area (Å²) in [5, 5.41) is 15.1. The Balaban J connectivity index is 2.32. The summed E-state index contributed by atoms with van der Waals surface area (Å²) in [6.45, 7) is 13.3. The van der Waals surface area contributed by atoms with Crippen LogP contribution in [-0.4, -0.2) is 74.6 Å². The monoisotopic (exact) mass is 768 g/mol. The van der Waals surface area contributed by atoms with E-state index in [-0.39, 0.29) is 30.6 Å². The summed E-state index contributed by atoms with van der Waals surface area (Å²) in [6.07, 6.45) is 28.0. The average molecular weight is 769 g/mol. The Morgan fingerprint density at radius 1 is 0.929 bits per heavy atom. The van der Waals surface area contributed by atoms with Crippen molar-refractivity contribution >= 4 is 17.8 Å². The third-order valence-electron chi connectivity index (χ3n) is 9.24. The molecule has 56 heavy (non-hydrogen) atoms. The van der Waals surface area contributed by atoms with E-state index in [1.54, 1.807) is 51.5 Å². The highest BCUT2D eigenvalue weighted by Gasteiger charge is 2.23. The molecule has 0 aromatic heterocycles. The van der Waals surface area contributed by atoms with Crippen LogP contribution in [0.15, 0.2) is 137 Å². The van der Waals surface area contributed by atoms with Crippen LogP contribution in [0.2, 0.25) is 0 Å². The standard InChI is InChI=1S/C47H64N2O7/c1-33-17-15-23-41(54-8)22-14-13-19-37(5)44(56-47(53)39(7)29-34(2)25-26-35(3)30-42(55-9)24-16-18-33)38(6)28-27-36(4)31-48-46(52)43(32-50)49-45(51)40-20-11-10-12-21-40/h10-14,16-22,25-30,34,37,41-44,50H,15,23-24,31-32H2,1-9H3,(H,48,52)(H,49,51)/t34-,37+,41-,42+,43+,44+/m1/s1. The first kappa shape index (κ1) is 47.3. The Morgan fingerprint density at radius 2 is 1.62 bits per heavy atom. The maximum atomic E-state index is 13.5. The fraction of sp³-hybridized carbons (Fsp3) is 0.426. The van der Waals surface area contributed by atoms with E-state index in [2.05, 4.69) is 47.9 Å². The number of amides is 2. The van der Waals surface area contributed by atoms with Crippen LogP contribution in [0.1, 0.15) is 78.1 Å². The van der Waals surface area contributed by atoms with E-state index in [0.29, 0.717) is 11.1 Å². The van der Waals surface area contributed by atoms with Crippen molar-refractivity contribution in [3.63, 3.8) is 0 Å². The lowest BCUT2D eigenvalue weighted by atomic mass is 9.96. The van der Waals surface area contributed by atoms with Crippen molar-refractivity contribution in [1.29, 1.82) is 0 Å². The van der Waals surface area contributed by atoms with Crippen LogP contribution < -0.4 is 10.6 Å². The summed E-state index contributed by atoms with van der Waals surface area (Å²) < 4.78 is 17.6. The van der Waals surface area contributed by atoms with E-state index >= 15 is 0 Å². The molecule has 3 N–H and O–H groups in total. The summed E-state index contributed by atoms with van der Waals surface area (Å²) >= 11 is 0. The highest BCUT2D eigenvalue weighted by molar-refractivity contribution is 5.97. The van der Waals surface area contributed by atoms with Gasteiger partial charge in [0, 0.05) is 37.8 Å². The molecule has 2 amide bonds. The third kappa shape index (κ3) is 18.2. The minimum Gasteiger partial charge on any atom is -0.454 e. The number of carbonyl (C=O) groups is 3. The number of allylic oxidation sites excluding steroid dienone is 11. The molecule has 0 fully saturated rings. The predicted octanol–water partition coefficient (Wildman–Crippen LogP) is 8.25. The number of cyclic esters (lactones) is 1. The van der Waals surface area contributed by atoms with Gasteiger partial charge in [-0.2, -0.15) is 0 Å². The molecule has 0 radical (unpaired) electrons. The molecule has 1 aromatic carbocycles. The largest absolute Gasteiger partial charge is 0.454 e. The van der Waals surface area contributed by atoms with Crippen molar-refractivity contribution in [2.45, 2.75) is 92.1 Å². The zero-order valence-corrected chi connectivity index (χ0v) is 34.8. The molecule has 9 heteroatoms. The molecule has 0 aliphatic carbocycles. The number of nitrogens with one attached hydrogen (secondary N) is 2. The minimum absolute atomic E-state index is 0.0192. The molecule has 9 nitrogen and oxygen atoms in total. The van der Waals surface area contributed by atoms with Crippen LogP contribution >= 0.6 is 0 Å². The Kier molecular flexibility index (Phi) is 22.1. The fourth-order valence-corrected chi connectivity index (χ4v) is 5.78. The molecule has 6 atom stereocenters. The Morgan fingerprint density at radius 3 is 2.30 bits per heavy atom. The third-order valence-corrected chi connectivity index (χ3v) is 9.24. The molecule has 0 unspecified atom stereocenters. The molecule has 0 saturated heterocycles. The van der Waals surface area contributed by atoms with Gasteiger partial charge in [-0.1, -0.05) is 128 Å². The quantitative estimate of drug-likeness (QED) is 0.162. The van der Waals surface area contributed by atoms with Crippen molar-refractivity contribution in [1.82, 2.24) is 10.6 Å². The van der Waals surface area contributed by atoms with Gasteiger partial charge in [0.1, 0.15) is 12.1 Å². The van der Waals surface area contributed by atoms with Crippen molar-refractivity contribution < 1.29 is 33.7 Å². The first-order valence-corrected chi connectivity index (χ1v) is 19.4. The highest BCUT2D eigenvalue weighted by atomic mass is 16.5. The van der Waals surface area contributed by atoms with Gasteiger partial charge < -0.3 is 30.0 Å². The van der Waals surface area contributed by atoms with Crippen LogP contribution in [0, 0.1) is 11.8 Å². The molecule has 1 aromatic rings. The van der Waals surface area contributed by atoms with Crippen LogP contribution in [0.3, 0.4) is 0 Å². The summed E-state index contributed by atoms with van der Waals surface area (Å²) in [5.41, 5.74) is 4.79. The summed E-state index contributed by atoms with van der Waals surface area (Å²) in [7, 11) is 3.42. The summed E-state index contributed by atoms with van der Waals surface area (Å²) in [5.74, 6) is -1.56. The van der Waals surface area contributed by atoms with Gasteiger partial charge in [-0.25, -0.2) is 4.79 Å². The summed E-state index contributed by atoms with van der Waals surface area (Å²) in [4.78, 5) is 38.9. The van der Waals surface area contributed by atoms with Gasteiger partial charge in [0.25, 0.3) is 5.91 Å². The van der Waals surface area contributed by atoms with Gasteiger partial charge in [-0.3, -0.25) is 9.59 Å². The number of methoxy groups -OCH3 is 2. The van der Waals surface area contributed by atoms with Gasteiger partial charge >= 0.3 is 5.97 Å². The Hall–Kier alpha value is -4.83. The number of carbonyl (C=O) groups excluding carboxylic acids is 3. The number of hydrogen-bond acceptors (Lipinski definition) is 7. The molecule has 2 rings (SSSR count). The van der Waals surface area contributed by atoms with Crippen LogP contribution in [0.5, 0.6) is 0 Å². The zero-order valence-electron chi connectivity index (χ0n) is 34.8. The molecular weight excluding hydrogens is 705 g/mol. The van der Waals surface area contributed by atoms with Crippen molar-refractivity contribution in [2.24, 2.45) is 11.8 Å². The topological polar surface area (TPSA) is 123 Å². The van der Waals surface area contributed by atoms with E-state index in [4.69, 9.17) is 14.2 Å². The number of esters is 1. The molecular formula is C47H64N2O7. The number of ether oxygens (including phenoxy) is 3. The van der Waals surface area contributed by atoms with Gasteiger partial charge in [0.2, 0.25) is 5.91 Å².